The van der Waals surface area contributed by atoms with Crippen LogP contribution in [0, 0.1) is 0 Å². The Morgan fingerprint density at radius 2 is 0.458 bits per heavy atom. The zero-order chi connectivity index (χ0) is 19.1. The molecule has 0 aromatic rings. The highest BCUT2D eigenvalue weighted by Crippen LogP contribution is 2.35. The van der Waals surface area contributed by atoms with Crippen molar-refractivity contribution in [3.8, 4) is 0 Å². The first-order chi connectivity index (χ1) is 10.4. The topological polar surface area (TPSA) is 36.9 Å². The van der Waals surface area contributed by atoms with Gasteiger partial charge in [-0.05, 0) is 0 Å². The third kappa shape index (κ3) is 5.99. The second-order valence-corrected chi connectivity index (χ2v) is 13.7. The zero-order valence-electron chi connectivity index (χ0n) is 10.5. The Bertz CT molecular complexity index is 343. The van der Waals surface area contributed by atoms with Crippen LogP contribution in [0.5, 0.6) is 0 Å². The molecular weight excluding hydrogens is 452 g/mol. The monoisotopic (exact) mass is 456 g/mol. The fourth-order valence-electron chi connectivity index (χ4n) is 1.19. The first kappa shape index (κ1) is 21.9. The second kappa shape index (κ2) is 6.88. The van der Waals surface area contributed by atoms with E-state index in [1.807, 2.05) is 0 Å². The smallest absolute Gasteiger partial charge is 0.409 e. The molecule has 1 saturated heterocycles. The maximum absolute atomic E-state index is 12.5. The fourth-order valence-corrected chi connectivity index (χ4v) is 13.1. The van der Waals surface area contributed by atoms with E-state index in [0.717, 1.165) is 0 Å². The minimum atomic E-state index is -5.74. The maximum atomic E-state index is 12.5. The molecule has 0 N–H and O–H groups in total. The molecule has 0 atom stereocenters. The summed E-state index contributed by atoms with van der Waals surface area (Å²) in [7, 11) is -22.8. The van der Waals surface area contributed by atoms with Crippen molar-refractivity contribution in [1.82, 2.24) is 0 Å². The lowest BCUT2D eigenvalue weighted by atomic mass is 11.5. The number of alkyl halides is 12. The van der Waals surface area contributed by atoms with Gasteiger partial charge in [0.2, 0.25) is 0 Å². The van der Waals surface area contributed by atoms with Crippen molar-refractivity contribution in [2.45, 2.75) is 23.2 Å². The van der Waals surface area contributed by atoms with E-state index in [1.165, 1.54) is 0 Å². The van der Waals surface area contributed by atoms with E-state index in [1.54, 1.807) is 0 Å². The van der Waals surface area contributed by atoms with Crippen molar-refractivity contribution in [1.29, 1.82) is 0 Å². The summed E-state index contributed by atoms with van der Waals surface area (Å²) in [6.45, 7) is 0. The van der Waals surface area contributed by atoms with Crippen LogP contribution < -0.4 is 0 Å². The molecule has 0 unspecified atom stereocenters. The largest absolute Gasteiger partial charge is 0.425 e. The normalized spacial score (nSPS) is 31.5. The highest BCUT2D eigenvalue weighted by Gasteiger charge is 2.64. The number of rotatable bonds is 0. The summed E-state index contributed by atoms with van der Waals surface area (Å²) in [6, 6.07) is 0. The molecule has 1 aliphatic heterocycles. The Labute approximate surface area is 130 Å². The molecule has 0 aromatic heterocycles. The van der Waals surface area contributed by atoms with Gasteiger partial charge in [0.15, 0.2) is 0 Å². The number of hydrogen-bond acceptors (Lipinski definition) is 4. The van der Waals surface area contributed by atoms with E-state index in [9.17, 15) is 52.7 Å². The Morgan fingerprint density at radius 3 is 0.542 bits per heavy atom. The molecule has 0 saturated carbocycles. The van der Waals surface area contributed by atoms with Crippen LogP contribution in [0.15, 0.2) is 0 Å². The molecule has 0 bridgehead atoms. The Hall–Kier alpha value is -0.132. The average Bonchev–Trinajstić information content (AvgIpc) is 2.20. The van der Waals surface area contributed by atoms with Gasteiger partial charge in [0.1, 0.15) is 0 Å². The molecule has 24 heavy (non-hydrogen) atoms. The Balaban J connectivity index is 3.24. The van der Waals surface area contributed by atoms with E-state index in [2.05, 4.69) is 16.5 Å². The molecular formula is C4H4F12O4Si4. The molecule has 1 aliphatic rings. The molecule has 1 rings (SSSR count). The summed E-state index contributed by atoms with van der Waals surface area (Å²) in [6.07, 6.45) is 0. The molecule has 144 valence electrons. The lowest BCUT2D eigenvalue weighted by Gasteiger charge is -2.35. The quantitative estimate of drug-likeness (QED) is 0.408. The van der Waals surface area contributed by atoms with Gasteiger partial charge in [0, 0.05) is 0 Å². The van der Waals surface area contributed by atoms with Gasteiger partial charge < -0.3 is 16.5 Å². The summed E-state index contributed by atoms with van der Waals surface area (Å²) >= 11 is 0. The van der Waals surface area contributed by atoms with Crippen molar-refractivity contribution in [3.05, 3.63) is 0 Å². The second-order valence-electron chi connectivity index (χ2n) is 4.04. The minimum absolute atomic E-state index is 3.44. The molecule has 1 fully saturated rings. The average molecular weight is 456 g/mol. The van der Waals surface area contributed by atoms with Crippen LogP contribution in [0.25, 0.3) is 0 Å². The Morgan fingerprint density at radius 1 is 0.333 bits per heavy atom. The molecule has 0 aromatic carbocycles. The van der Waals surface area contributed by atoms with Crippen LogP contribution >= 0.6 is 0 Å². The van der Waals surface area contributed by atoms with Gasteiger partial charge in [-0.2, -0.15) is 52.7 Å². The van der Waals surface area contributed by atoms with E-state index >= 15 is 0 Å². The molecule has 0 aliphatic carbocycles. The van der Waals surface area contributed by atoms with Crippen molar-refractivity contribution in [2.75, 3.05) is 0 Å². The SMILES string of the molecule is FC(F)(F)[SiH]1O[SiH](C(F)(F)F)O[SiH](C(F)(F)F)O[SiH](C(F)(F)F)O1. The van der Waals surface area contributed by atoms with Crippen LogP contribution in [0.3, 0.4) is 0 Å². The fraction of sp³-hybridized carbons (Fsp3) is 1.00. The van der Waals surface area contributed by atoms with Crippen LogP contribution in [0.2, 0.25) is 0 Å². The Kier molecular flexibility index (Phi) is 6.28. The molecule has 20 heteroatoms. The number of halogens is 12. The first-order valence-corrected chi connectivity index (χ1v) is 11.4. The number of hydrogen-bond donors (Lipinski definition) is 0. The van der Waals surface area contributed by atoms with Crippen molar-refractivity contribution in [2.24, 2.45) is 0 Å². The van der Waals surface area contributed by atoms with Gasteiger partial charge in [-0.3, -0.25) is 0 Å². The standard InChI is InChI=1S/C4H4F12O4Si4/c5-1(6,7)21-17-22(2(8,9)10)19-24(4(14,15)16)20-23(18-21)3(11,12)13/h21-24H. The summed E-state index contributed by atoms with van der Waals surface area (Å²) in [5, 5.41) is 0. The molecule has 0 spiro atoms. The van der Waals surface area contributed by atoms with Crippen molar-refractivity contribution < 1.29 is 69.1 Å². The van der Waals surface area contributed by atoms with Crippen LogP contribution in [-0.2, 0) is 16.5 Å². The van der Waals surface area contributed by atoms with Gasteiger partial charge >= 0.3 is 60.3 Å². The predicted molar refractivity (Wildman–Crippen MR) is 57.2 cm³/mol. The summed E-state index contributed by atoms with van der Waals surface area (Å²) in [4.78, 5) is 0. The minimum Gasteiger partial charge on any atom is -0.409 e. The predicted octanol–water partition coefficient (Wildman–Crippen LogP) is 1.35. The van der Waals surface area contributed by atoms with E-state index < -0.39 is 60.3 Å². The molecule has 1 heterocycles. The highest BCUT2D eigenvalue weighted by atomic mass is 28.5. The maximum Gasteiger partial charge on any atom is 0.425 e. The van der Waals surface area contributed by atoms with E-state index in [-0.39, 0.29) is 0 Å². The lowest BCUT2D eigenvalue weighted by Crippen LogP contribution is -2.63. The summed E-state index contributed by atoms with van der Waals surface area (Å²) < 4.78 is 164. The van der Waals surface area contributed by atoms with Crippen molar-refractivity contribution in [3.63, 3.8) is 0 Å². The highest BCUT2D eigenvalue weighted by molar-refractivity contribution is 6.76. The third-order valence-electron chi connectivity index (χ3n) is 2.06. The van der Waals surface area contributed by atoms with Crippen LogP contribution in [0.4, 0.5) is 52.7 Å². The van der Waals surface area contributed by atoms with Gasteiger partial charge in [-0.25, -0.2) is 0 Å². The van der Waals surface area contributed by atoms with E-state index in [0.29, 0.717) is 0 Å². The van der Waals surface area contributed by atoms with Gasteiger partial charge in [0.25, 0.3) is 0 Å². The van der Waals surface area contributed by atoms with Crippen LogP contribution in [0.1, 0.15) is 0 Å². The lowest BCUT2D eigenvalue weighted by molar-refractivity contribution is -0.113. The van der Waals surface area contributed by atoms with Gasteiger partial charge in [-0.1, -0.05) is 0 Å². The van der Waals surface area contributed by atoms with Gasteiger partial charge in [-0.15, -0.1) is 0 Å². The zero-order valence-corrected chi connectivity index (χ0v) is 15.1. The first-order valence-electron chi connectivity index (χ1n) is 5.31. The summed E-state index contributed by atoms with van der Waals surface area (Å²) in [5.41, 5.74) is 0. The van der Waals surface area contributed by atoms with Crippen molar-refractivity contribution >= 4 is 37.1 Å². The third-order valence-corrected chi connectivity index (χ3v) is 12.1. The molecule has 0 amide bonds. The molecule has 0 radical (unpaired) electrons. The van der Waals surface area contributed by atoms with E-state index in [4.69, 9.17) is 0 Å². The summed E-state index contributed by atoms with van der Waals surface area (Å²) in [5.74, 6) is -23.0. The molecule has 4 nitrogen and oxygen atoms in total. The van der Waals surface area contributed by atoms with Crippen LogP contribution in [-0.4, -0.2) is 60.3 Å². The van der Waals surface area contributed by atoms with Gasteiger partial charge in [0.05, 0.1) is 0 Å².